The fraction of sp³-hybridized carbons (Fsp3) is 0.158. The average molecular weight is 448 g/mol. The summed E-state index contributed by atoms with van der Waals surface area (Å²) in [6.45, 7) is 2.31. The summed E-state index contributed by atoms with van der Waals surface area (Å²) in [6.07, 6.45) is 0. The zero-order valence-corrected chi connectivity index (χ0v) is 16.5. The molecule has 0 aliphatic rings. The number of hydrogen-bond donors (Lipinski definition) is 1. The monoisotopic (exact) mass is 448 g/mol. The van der Waals surface area contributed by atoms with Gasteiger partial charge < -0.3 is 14.6 Å². The molecule has 0 bridgehead atoms. The van der Waals surface area contributed by atoms with Crippen molar-refractivity contribution in [3.63, 3.8) is 0 Å². The number of rotatable bonds is 7. The minimum Gasteiger partial charge on any atom is -0.486 e. The molecule has 1 N–H and O–H groups in total. The van der Waals surface area contributed by atoms with Gasteiger partial charge in [0.2, 0.25) is 0 Å². The van der Waals surface area contributed by atoms with Crippen molar-refractivity contribution in [2.45, 2.75) is 20.5 Å². The number of nitrogens with one attached hydrogen (secondary N) is 1. The van der Waals surface area contributed by atoms with Gasteiger partial charge in [0, 0.05) is 18.2 Å². The highest BCUT2D eigenvalue weighted by Gasteiger charge is 2.26. The van der Waals surface area contributed by atoms with E-state index in [0.717, 1.165) is 24.3 Å². The molecular formula is C19H14F2N4O7. The Morgan fingerprint density at radius 3 is 2.31 bits per heavy atom. The molecule has 13 heteroatoms. The summed E-state index contributed by atoms with van der Waals surface area (Å²) >= 11 is 0. The van der Waals surface area contributed by atoms with Crippen LogP contribution in [0.2, 0.25) is 0 Å². The summed E-state index contributed by atoms with van der Waals surface area (Å²) in [4.78, 5) is 33.4. The van der Waals surface area contributed by atoms with E-state index in [4.69, 9.17) is 9.26 Å². The third-order valence-corrected chi connectivity index (χ3v) is 4.47. The van der Waals surface area contributed by atoms with Crippen molar-refractivity contribution in [1.29, 1.82) is 0 Å². The molecule has 0 saturated carbocycles. The van der Waals surface area contributed by atoms with Crippen molar-refractivity contribution in [3.8, 4) is 5.75 Å². The molecule has 3 rings (SSSR count). The van der Waals surface area contributed by atoms with Crippen molar-refractivity contribution in [2.75, 3.05) is 5.32 Å². The molecule has 1 amide bonds. The predicted molar refractivity (Wildman–Crippen MR) is 104 cm³/mol. The molecule has 0 unspecified atom stereocenters. The first-order valence-corrected chi connectivity index (χ1v) is 8.86. The number of anilines is 1. The zero-order valence-electron chi connectivity index (χ0n) is 16.5. The number of amides is 1. The third kappa shape index (κ3) is 4.50. The van der Waals surface area contributed by atoms with Crippen LogP contribution in [-0.2, 0) is 6.61 Å². The van der Waals surface area contributed by atoms with Gasteiger partial charge in [0.05, 0.1) is 21.1 Å². The zero-order chi connectivity index (χ0) is 23.6. The lowest BCUT2D eigenvalue weighted by atomic mass is 10.1. The normalized spacial score (nSPS) is 10.6. The maximum Gasteiger partial charge on any atom is 0.281 e. The Morgan fingerprint density at radius 2 is 1.75 bits per heavy atom. The van der Waals surface area contributed by atoms with E-state index in [2.05, 4.69) is 10.5 Å². The number of benzene rings is 2. The Bertz CT molecular complexity index is 1210. The molecule has 1 aromatic heterocycles. The van der Waals surface area contributed by atoms with E-state index >= 15 is 0 Å². The Kier molecular flexibility index (Phi) is 6.09. The van der Waals surface area contributed by atoms with Crippen LogP contribution in [0.3, 0.4) is 0 Å². The van der Waals surface area contributed by atoms with Crippen LogP contribution in [0.15, 0.2) is 34.9 Å². The van der Waals surface area contributed by atoms with Crippen LogP contribution < -0.4 is 10.1 Å². The number of hydrogen-bond acceptors (Lipinski definition) is 8. The van der Waals surface area contributed by atoms with Crippen molar-refractivity contribution in [3.05, 3.63) is 84.8 Å². The van der Waals surface area contributed by atoms with Crippen molar-refractivity contribution in [1.82, 2.24) is 5.16 Å². The molecule has 2 aromatic carbocycles. The fourth-order valence-corrected chi connectivity index (χ4v) is 2.81. The second-order valence-electron chi connectivity index (χ2n) is 6.54. The smallest absolute Gasteiger partial charge is 0.281 e. The van der Waals surface area contributed by atoms with Gasteiger partial charge >= 0.3 is 0 Å². The van der Waals surface area contributed by atoms with Crippen LogP contribution in [0.4, 0.5) is 25.8 Å². The summed E-state index contributed by atoms with van der Waals surface area (Å²) in [6, 6.07) is 4.62. The van der Waals surface area contributed by atoms with Gasteiger partial charge in [-0.05, 0) is 26.0 Å². The summed E-state index contributed by atoms with van der Waals surface area (Å²) in [5, 5.41) is 28.3. The van der Waals surface area contributed by atoms with E-state index in [1.807, 2.05) is 0 Å². The van der Waals surface area contributed by atoms with E-state index in [9.17, 15) is 33.8 Å². The van der Waals surface area contributed by atoms with E-state index in [0.29, 0.717) is 6.07 Å². The fourth-order valence-electron chi connectivity index (χ4n) is 2.81. The number of ether oxygens (including phenoxy) is 1. The second-order valence-corrected chi connectivity index (χ2v) is 6.54. The average Bonchev–Trinajstić information content (AvgIpc) is 3.08. The quantitative estimate of drug-likeness (QED) is 0.417. The van der Waals surface area contributed by atoms with Crippen LogP contribution in [0, 0.1) is 45.7 Å². The standard InChI is InChI=1S/C19H14F2N4O7/c1-9-15(24(27)28)6-12(7-16(9)25(29)30)22-19(26)18-13(10(2)32-23-18)8-31-17-4-3-11(20)5-14(17)21/h3-7H,8H2,1-2H3,(H,22,26). The number of nitrogens with zero attached hydrogens (tertiary/aromatic N) is 3. The summed E-state index contributed by atoms with van der Waals surface area (Å²) in [5.74, 6) is -2.75. The highest BCUT2D eigenvalue weighted by molar-refractivity contribution is 6.04. The summed E-state index contributed by atoms with van der Waals surface area (Å²) < 4.78 is 37.0. The van der Waals surface area contributed by atoms with Crippen LogP contribution >= 0.6 is 0 Å². The molecule has 0 spiro atoms. The van der Waals surface area contributed by atoms with Gasteiger partial charge in [-0.15, -0.1) is 0 Å². The molecule has 1 heterocycles. The number of nitro benzene ring substituents is 2. The topological polar surface area (TPSA) is 151 Å². The third-order valence-electron chi connectivity index (χ3n) is 4.47. The van der Waals surface area contributed by atoms with E-state index in [1.165, 1.54) is 13.8 Å². The van der Waals surface area contributed by atoms with E-state index in [1.54, 1.807) is 0 Å². The van der Waals surface area contributed by atoms with Crippen molar-refractivity contribution < 1.29 is 32.7 Å². The van der Waals surface area contributed by atoms with Gasteiger partial charge in [-0.2, -0.15) is 0 Å². The van der Waals surface area contributed by atoms with Crippen LogP contribution in [0.25, 0.3) is 0 Å². The van der Waals surface area contributed by atoms with Crippen LogP contribution in [-0.4, -0.2) is 20.9 Å². The number of carbonyl (C=O) groups excluding carboxylic acids is 1. The lowest BCUT2D eigenvalue weighted by Gasteiger charge is -2.09. The van der Waals surface area contributed by atoms with Gasteiger partial charge in [-0.3, -0.25) is 25.0 Å². The maximum atomic E-state index is 13.8. The summed E-state index contributed by atoms with van der Waals surface area (Å²) in [7, 11) is 0. The lowest BCUT2D eigenvalue weighted by Crippen LogP contribution is -2.16. The molecule has 0 atom stereocenters. The Labute approximate surface area is 177 Å². The molecule has 32 heavy (non-hydrogen) atoms. The van der Waals surface area contributed by atoms with Crippen LogP contribution in [0.1, 0.15) is 27.4 Å². The number of carbonyl (C=O) groups is 1. The molecule has 11 nitrogen and oxygen atoms in total. The Balaban J connectivity index is 1.87. The molecule has 0 aliphatic heterocycles. The highest BCUT2D eigenvalue weighted by Crippen LogP contribution is 2.32. The molecule has 0 aliphatic carbocycles. The Morgan fingerprint density at radius 1 is 1.12 bits per heavy atom. The SMILES string of the molecule is Cc1onc(C(=O)Nc2cc([N+](=O)[O-])c(C)c([N+](=O)[O-])c2)c1COc1ccc(F)cc1F. The van der Waals surface area contributed by atoms with Crippen molar-refractivity contribution in [2.24, 2.45) is 0 Å². The highest BCUT2D eigenvalue weighted by atomic mass is 19.1. The van der Waals surface area contributed by atoms with Gasteiger partial charge in [0.25, 0.3) is 17.3 Å². The molecule has 0 fully saturated rings. The second kappa shape index (κ2) is 8.75. The van der Waals surface area contributed by atoms with Crippen molar-refractivity contribution >= 4 is 23.0 Å². The Hall–Kier alpha value is -4.42. The van der Waals surface area contributed by atoms with Gasteiger partial charge in [0.1, 0.15) is 23.7 Å². The number of nitro groups is 2. The largest absolute Gasteiger partial charge is 0.486 e. The van der Waals surface area contributed by atoms with Crippen LogP contribution in [0.5, 0.6) is 5.75 Å². The molecule has 3 aromatic rings. The molecule has 0 radical (unpaired) electrons. The van der Waals surface area contributed by atoms with E-state index in [-0.39, 0.29) is 40.6 Å². The molecule has 0 saturated heterocycles. The number of aromatic nitrogens is 1. The first kappa shape index (κ1) is 22.3. The van der Waals surface area contributed by atoms with Gasteiger partial charge in [0.15, 0.2) is 17.3 Å². The number of halogens is 2. The molecular weight excluding hydrogens is 434 g/mol. The number of aryl methyl sites for hydroxylation is 1. The van der Waals surface area contributed by atoms with Gasteiger partial charge in [-0.25, -0.2) is 8.78 Å². The predicted octanol–water partition coefficient (Wildman–Crippen LogP) is 4.22. The minimum atomic E-state index is -0.954. The summed E-state index contributed by atoms with van der Waals surface area (Å²) in [5.41, 5.74) is -1.65. The lowest BCUT2D eigenvalue weighted by molar-refractivity contribution is -0.395. The maximum absolute atomic E-state index is 13.8. The first-order valence-electron chi connectivity index (χ1n) is 8.86. The van der Waals surface area contributed by atoms with Gasteiger partial charge in [-0.1, -0.05) is 5.16 Å². The first-order chi connectivity index (χ1) is 15.1. The minimum absolute atomic E-state index is 0.127. The van der Waals surface area contributed by atoms with E-state index < -0.39 is 38.8 Å². The molecule has 166 valence electrons.